The average molecular weight is 498 g/mol. The molecular weight excluding hydrogens is 466 g/mol. The summed E-state index contributed by atoms with van der Waals surface area (Å²) in [5.74, 6) is 0. The fourth-order valence-corrected chi connectivity index (χ4v) is 7.19. The van der Waals surface area contributed by atoms with Crippen LogP contribution in [0.25, 0.3) is 0 Å². The van der Waals surface area contributed by atoms with Crippen molar-refractivity contribution >= 4 is 8.53 Å². The Morgan fingerprint density at radius 3 is 2.68 bits per heavy atom. The molecule has 2 aliphatic carbocycles. The van der Waals surface area contributed by atoms with Crippen molar-refractivity contribution in [1.29, 1.82) is 5.26 Å². The Morgan fingerprint density at radius 1 is 1.38 bits per heavy atom. The molecular formula is C22H32FN4O6P. The summed E-state index contributed by atoms with van der Waals surface area (Å²) in [4.78, 5) is 26.6. The zero-order valence-corrected chi connectivity index (χ0v) is 21.0. The number of alkyl halides is 1. The lowest BCUT2D eigenvalue weighted by molar-refractivity contribution is -0.105. The van der Waals surface area contributed by atoms with E-state index in [-0.39, 0.29) is 44.4 Å². The van der Waals surface area contributed by atoms with Crippen molar-refractivity contribution in [2.45, 2.75) is 102 Å². The van der Waals surface area contributed by atoms with E-state index >= 15 is 4.39 Å². The molecule has 2 heterocycles. The summed E-state index contributed by atoms with van der Waals surface area (Å²) in [5, 5.41) is 20.0. The number of nitrogens with one attached hydrogen (secondary N) is 1. The lowest BCUT2D eigenvalue weighted by Gasteiger charge is -2.41. The van der Waals surface area contributed by atoms with E-state index in [0.29, 0.717) is 5.56 Å². The van der Waals surface area contributed by atoms with E-state index in [0.717, 1.165) is 0 Å². The van der Waals surface area contributed by atoms with Gasteiger partial charge in [-0.05, 0) is 34.6 Å². The number of aromatic amines is 1. The molecule has 0 spiro atoms. The van der Waals surface area contributed by atoms with Gasteiger partial charge in [0, 0.05) is 43.1 Å². The van der Waals surface area contributed by atoms with Crippen LogP contribution in [0.4, 0.5) is 4.39 Å². The highest BCUT2D eigenvalue weighted by atomic mass is 31.2. The van der Waals surface area contributed by atoms with Crippen molar-refractivity contribution < 1.29 is 23.3 Å². The Bertz CT molecular complexity index is 1100. The highest BCUT2D eigenvalue weighted by Gasteiger charge is 2.86. The summed E-state index contributed by atoms with van der Waals surface area (Å²) >= 11 is 0. The lowest BCUT2D eigenvalue weighted by Crippen LogP contribution is -2.45. The van der Waals surface area contributed by atoms with E-state index in [4.69, 9.17) is 19.0 Å². The molecule has 34 heavy (non-hydrogen) atoms. The van der Waals surface area contributed by atoms with Crippen LogP contribution in [-0.2, 0) is 13.8 Å². The number of halogens is 1. The largest absolute Gasteiger partial charge is 0.384 e. The van der Waals surface area contributed by atoms with Crippen LogP contribution in [0.2, 0.25) is 0 Å². The van der Waals surface area contributed by atoms with Crippen molar-refractivity contribution in [3.63, 3.8) is 0 Å². The van der Waals surface area contributed by atoms with Crippen LogP contribution in [0, 0.1) is 18.3 Å². The SMILES string of the molecule is Cc1cn([C@H]2C[C@@]3(OP(OCCC#N)N(C(C)C)C(C)C)C[C@]4(F)C[C@]4(O)[C@H]3O2)c(=O)[nH]c1=O. The number of nitriles is 1. The topological polar surface area (TPSA) is 130 Å². The molecule has 1 saturated heterocycles. The van der Waals surface area contributed by atoms with Crippen LogP contribution in [0.5, 0.6) is 0 Å². The van der Waals surface area contributed by atoms with Crippen LogP contribution in [0.1, 0.15) is 65.2 Å². The zero-order valence-electron chi connectivity index (χ0n) is 20.1. The van der Waals surface area contributed by atoms with Gasteiger partial charge in [-0.2, -0.15) is 5.26 Å². The highest BCUT2D eigenvalue weighted by molar-refractivity contribution is 7.44. The number of aryl methyl sites for hydroxylation is 1. The maximum Gasteiger partial charge on any atom is 0.330 e. The number of fused-ring (bicyclic) bond motifs is 3. The molecule has 1 aromatic heterocycles. The zero-order chi connectivity index (χ0) is 25.1. The first kappa shape index (κ1) is 25.4. The Hall–Kier alpha value is -1.67. The Balaban J connectivity index is 1.69. The summed E-state index contributed by atoms with van der Waals surface area (Å²) in [7, 11) is -1.74. The number of hydrogen-bond donors (Lipinski definition) is 2. The molecule has 6 atom stereocenters. The molecule has 1 aliphatic heterocycles. The molecule has 0 bridgehead atoms. The number of aliphatic hydroxyl groups is 1. The first-order chi connectivity index (χ1) is 15.9. The third-order valence-corrected chi connectivity index (χ3v) is 9.11. The van der Waals surface area contributed by atoms with Gasteiger partial charge in [0.05, 0.1) is 19.1 Å². The predicted molar refractivity (Wildman–Crippen MR) is 122 cm³/mol. The van der Waals surface area contributed by atoms with Gasteiger partial charge in [-0.25, -0.2) is 13.9 Å². The maximum atomic E-state index is 15.4. The standard InChI is InChI=1S/C22H32FN4O6P/c1-13(2)27(14(3)4)34(31-8-6-7-24)33-20-9-16(26-10-15(5)17(28)25-19(26)29)32-18(20)22(30)12-21(22,23)11-20/h10,13-14,16,18,30H,6,8-9,11-12H2,1-5H3,(H,25,28,29)/t16-,18+,20-,21+,22+,34?/m1/s1. The Labute approximate surface area is 198 Å². The molecule has 12 heteroatoms. The van der Waals surface area contributed by atoms with Gasteiger partial charge < -0.3 is 18.9 Å². The van der Waals surface area contributed by atoms with E-state index in [9.17, 15) is 14.7 Å². The minimum atomic E-state index is -1.83. The Kier molecular flexibility index (Phi) is 6.56. The minimum absolute atomic E-state index is 0.0315. The van der Waals surface area contributed by atoms with Crippen molar-refractivity contribution in [3.8, 4) is 6.07 Å². The summed E-state index contributed by atoms with van der Waals surface area (Å²) in [5.41, 5.74) is -5.60. The maximum absolute atomic E-state index is 15.4. The highest BCUT2D eigenvalue weighted by Crippen LogP contribution is 2.72. The summed E-state index contributed by atoms with van der Waals surface area (Å²) in [6, 6.07) is 2.11. The number of hydrogen-bond acceptors (Lipinski definition) is 8. The number of nitrogens with zero attached hydrogens (tertiary/aromatic N) is 3. The number of rotatable bonds is 9. The average Bonchev–Trinajstić information content (AvgIpc) is 3.00. The van der Waals surface area contributed by atoms with E-state index in [1.807, 2.05) is 38.4 Å². The molecule has 2 N–H and O–H groups in total. The second-order valence-corrected chi connectivity index (χ2v) is 11.5. The molecule has 1 aromatic rings. The van der Waals surface area contributed by atoms with Crippen LogP contribution >= 0.6 is 8.53 Å². The smallest absolute Gasteiger partial charge is 0.330 e. The first-order valence-electron chi connectivity index (χ1n) is 11.5. The van der Waals surface area contributed by atoms with Gasteiger partial charge in [0.25, 0.3) is 14.1 Å². The van der Waals surface area contributed by atoms with Gasteiger partial charge in [0.1, 0.15) is 29.2 Å². The van der Waals surface area contributed by atoms with Crippen molar-refractivity contribution in [2.75, 3.05) is 6.61 Å². The first-order valence-corrected chi connectivity index (χ1v) is 12.7. The molecule has 3 fully saturated rings. The summed E-state index contributed by atoms with van der Waals surface area (Å²) < 4.78 is 37.4. The van der Waals surface area contributed by atoms with Gasteiger partial charge in [0.2, 0.25) is 0 Å². The molecule has 10 nitrogen and oxygen atoms in total. The van der Waals surface area contributed by atoms with Crippen LogP contribution in [-0.4, -0.2) is 61.0 Å². The fourth-order valence-electron chi connectivity index (χ4n) is 5.36. The van der Waals surface area contributed by atoms with Gasteiger partial charge in [-0.3, -0.25) is 14.3 Å². The van der Waals surface area contributed by atoms with Crippen molar-refractivity contribution in [1.82, 2.24) is 14.2 Å². The van der Waals surface area contributed by atoms with E-state index < -0.39 is 49.0 Å². The van der Waals surface area contributed by atoms with Crippen molar-refractivity contribution in [2.24, 2.45) is 0 Å². The quantitative estimate of drug-likeness (QED) is 0.392. The monoisotopic (exact) mass is 498 g/mol. The predicted octanol–water partition coefficient (Wildman–Crippen LogP) is 2.41. The second kappa shape index (κ2) is 8.77. The molecule has 188 valence electrons. The number of H-pyrrole nitrogens is 1. The number of ether oxygens (including phenoxy) is 1. The fraction of sp³-hybridized carbons (Fsp3) is 0.773. The third-order valence-electron chi connectivity index (χ3n) is 6.88. The second-order valence-electron chi connectivity index (χ2n) is 10.1. The molecule has 1 unspecified atom stereocenters. The van der Waals surface area contributed by atoms with Crippen LogP contribution in [0.15, 0.2) is 15.8 Å². The van der Waals surface area contributed by atoms with Crippen LogP contribution < -0.4 is 11.2 Å². The number of aromatic nitrogens is 2. The third kappa shape index (κ3) is 4.04. The van der Waals surface area contributed by atoms with E-state index in [2.05, 4.69) is 4.98 Å². The summed E-state index contributed by atoms with van der Waals surface area (Å²) in [6.07, 6.45) is -0.357. The van der Waals surface area contributed by atoms with E-state index in [1.165, 1.54) is 10.8 Å². The lowest BCUT2D eigenvalue weighted by atomic mass is 9.92. The molecule has 0 radical (unpaired) electrons. The normalized spacial score (nSPS) is 35.0. The molecule has 0 amide bonds. The minimum Gasteiger partial charge on any atom is -0.384 e. The van der Waals surface area contributed by atoms with Crippen LogP contribution in [0.3, 0.4) is 0 Å². The van der Waals surface area contributed by atoms with Gasteiger partial charge in [-0.15, -0.1) is 0 Å². The van der Waals surface area contributed by atoms with Gasteiger partial charge in [0.15, 0.2) is 0 Å². The summed E-state index contributed by atoms with van der Waals surface area (Å²) in [6.45, 7) is 9.70. The molecule has 3 aliphatic rings. The molecule has 4 rings (SSSR count). The Morgan fingerprint density at radius 2 is 2.06 bits per heavy atom. The van der Waals surface area contributed by atoms with Gasteiger partial charge in [-0.1, -0.05) is 0 Å². The van der Waals surface area contributed by atoms with Crippen molar-refractivity contribution in [3.05, 3.63) is 32.6 Å². The van der Waals surface area contributed by atoms with E-state index in [1.54, 1.807) is 6.92 Å². The van der Waals surface area contributed by atoms with Gasteiger partial charge >= 0.3 is 5.69 Å². The molecule has 2 saturated carbocycles. The molecule has 0 aromatic carbocycles.